The molecule has 9 nitrogen and oxygen atoms in total. The van der Waals surface area contributed by atoms with E-state index in [0.29, 0.717) is 37.6 Å². The highest BCUT2D eigenvalue weighted by Gasteiger charge is 2.25. The first-order valence-corrected chi connectivity index (χ1v) is 8.83. The number of hydrogen-bond acceptors (Lipinski definition) is 8. The van der Waals surface area contributed by atoms with Crippen molar-refractivity contribution in [1.82, 2.24) is 20.0 Å². The summed E-state index contributed by atoms with van der Waals surface area (Å²) in [6, 6.07) is 1.92. The third-order valence-corrected chi connectivity index (χ3v) is 4.79. The first-order chi connectivity index (χ1) is 12.7. The van der Waals surface area contributed by atoms with Crippen LogP contribution in [0.25, 0.3) is 0 Å². The quantitative estimate of drug-likeness (QED) is 0.787. The second kappa shape index (κ2) is 7.28. The van der Waals surface area contributed by atoms with Gasteiger partial charge in [0.15, 0.2) is 0 Å². The second-order valence-electron chi connectivity index (χ2n) is 6.39. The summed E-state index contributed by atoms with van der Waals surface area (Å²) in [6.45, 7) is 7.53. The zero-order valence-corrected chi connectivity index (χ0v) is 14.8. The minimum absolute atomic E-state index is 0.0277. The molecular formula is C17H22N6O3. The number of ether oxygens (including phenoxy) is 1. The van der Waals surface area contributed by atoms with Gasteiger partial charge in [0.2, 0.25) is 5.95 Å². The number of aryl methyl sites for hydroxylation is 1. The van der Waals surface area contributed by atoms with Crippen molar-refractivity contribution in [3.63, 3.8) is 0 Å². The highest BCUT2D eigenvalue weighted by atomic mass is 16.5. The molecule has 0 radical (unpaired) electrons. The standard InChI is InChI=1S/C17H22N6O3/c1-13-14(12-19-26-13)16(24)22-6-4-21(5-7-22)15-2-3-18-17(20-15)23-8-10-25-11-9-23/h2-3,12H,4-11H2,1H3. The first kappa shape index (κ1) is 16.8. The number of anilines is 2. The van der Waals surface area contributed by atoms with Gasteiger partial charge in [0.1, 0.15) is 17.1 Å². The van der Waals surface area contributed by atoms with Crippen LogP contribution >= 0.6 is 0 Å². The number of morpholine rings is 1. The van der Waals surface area contributed by atoms with Crippen LogP contribution in [0, 0.1) is 6.92 Å². The molecule has 2 saturated heterocycles. The molecule has 0 aliphatic carbocycles. The van der Waals surface area contributed by atoms with Crippen LogP contribution in [0.1, 0.15) is 16.1 Å². The van der Waals surface area contributed by atoms with E-state index in [9.17, 15) is 4.79 Å². The number of amides is 1. The fourth-order valence-corrected chi connectivity index (χ4v) is 3.24. The Kier molecular flexibility index (Phi) is 4.70. The molecule has 0 spiro atoms. The van der Waals surface area contributed by atoms with Crippen molar-refractivity contribution in [1.29, 1.82) is 0 Å². The summed E-state index contributed by atoms with van der Waals surface area (Å²) < 4.78 is 10.4. The van der Waals surface area contributed by atoms with Gasteiger partial charge in [-0.3, -0.25) is 4.79 Å². The summed E-state index contributed by atoms with van der Waals surface area (Å²) in [5.74, 6) is 2.17. The molecule has 0 saturated carbocycles. The Hall–Kier alpha value is -2.68. The molecule has 2 aromatic rings. The Morgan fingerprint density at radius 1 is 1.08 bits per heavy atom. The number of nitrogens with zero attached hydrogens (tertiary/aromatic N) is 6. The molecule has 4 rings (SSSR count). The molecule has 0 aromatic carbocycles. The maximum atomic E-state index is 12.5. The van der Waals surface area contributed by atoms with Gasteiger partial charge >= 0.3 is 0 Å². The van der Waals surface area contributed by atoms with Crippen molar-refractivity contribution in [2.75, 3.05) is 62.3 Å². The monoisotopic (exact) mass is 358 g/mol. The molecule has 0 bridgehead atoms. The smallest absolute Gasteiger partial charge is 0.259 e. The van der Waals surface area contributed by atoms with Crippen LogP contribution in [0.4, 0.5) is 11.8 Å². The van der Waals surface area contributed by atoms with E-state index in [4.69, 9.17) is 14.2 Å². The van der Waals surface area contributed by atoms with Crippen molar-refractivity contribution in [3.8, 4) is 0 Å². The number of piperazine rings is 1. The van der Waals surface area contributed by atoms with E-state index in [1.54, 1.807) is 13.1 Å². The van der Waals surface area contributed by atoms with Crippen LogP contribution in [0.5, 0.6) is 0 Å². The third-order valence-electron chi connectivity index (χ3n) is 4.79. The van der Waals surface area contributed by atoms with Crippen LogP contribution in [-0.4, -0.2) is 78.4 Å². The van der Waals surface area contributed by atoms with E-state index in [0.717, 1.165) is 37.9 Å². The van der Waals surface area contributed by atoms with Crippen LogP contribution in [0.15, 0.2) is 23.0 Å². The maximum absolute atomic E-state index is 12.5. The molecule has 26 heavy (non-hydrogen) atoms. The number of rotatable bonds is 3. The summed E-state index contributed by atoms with van der Waals surface area (Å²) in [5, 5.41) is 3.69. The Morgan fingerprint density at radius 2 is 1.85 bits per heavy atom. The van der Waals surface area contributed by atoms with E-state index < -0.39 is 0 Å². The fourth-order valence-electron chi connectivity index (χ4n) is 3.24. The maximum Gasteiger partial charge on any atom is 0.259 e. The lowest BCUT2D eigenvalue weighted by Gasteiger charge is -2.35. The molecule has 9 heteroatoms. The summed E-state index contributed by atoms with van der Waals surface area (Å²) in [6.07, 6.45) is 3.29. The Balaban J connectivity index is 1.40. The van der Waals surface area contributed by atoms with Gasteiger partial charge in [-0.15, -0.1) is 0 Å². The van der Waals surface area contributed by atoms with Gasteiger partial charge in [-0.05, 0) is 13.0 Å². The zero-order valence-electron chi connectivity index (χ0n) is 14.8. The molecule has 138 valence electrons. The molecule has 0 atom stereocenters. The van der Waals surface area contributed by atoms with Crippen molar-refractivity contribution in [2.24, 2.45) is 0 Å². The van der Waals surface area contributed by atoms with E-state index in [2.05, 4.69) is 19.9 Å². The van der Waals surface area contributed by atoms with Crippen molar-refractivity contribution >= 4 is 17.7 Å². The molecule has 2 aliphatic heterocycles. The van der Waals surface area contributed by atoms with E-state index in [1.807, 2.05) is 11.0 Å². The van der Waals surface area contributed by atoms with Gasteiger partial charge in [-0.25, -0.2) is 4.98 Å². The Morgan fingerprint density at radius 3 is 2.54 bits per heavy atom. The van der Waals surface area contributed by atoms with Crippen molar-refractivity contribution in [2.45, 2.75) is 6.92 Å². The third kappa shape index (κ3) is 3.34. The molecule has 2 aliphatic rings. The summed E-state index contributed by atoms with van der Waals surface area (Å²) in [4.78, 5) is 27.8. The number of aromatic nitrogens is 3. The van der Waals surface area contributed by atoms with E-state index >= 15 is 0 Å². The largest absolute Gasteiger partial charge is 0.378 e. The van der Waals surface area contributed by atoms with Gasteiger partial charge in [0.05, 0.1) is 19.4 Å². The van der Waals surface area contributed by atoms with Gasteiger partial charge in [0, 0.05) is 45.5 Å². The highest BCUT2D eigenvalue weighted by Crippen LogP contribution is 2.19. The van der Waals surface area contributed by atoms with Gasteiger partial charge in [-0.1, -0.05) is 5.16 Å². The lowest BCUT2D eigenvalue weighted by atomic mass is 10.2. The van der Waals surface area contributed by atoms with Crippen molar-refractivity contribution in [3.05, 3.63) is 29.8 Å². The normalized spacial score (nSPS) is 18.3. The molecule has 2 fully saturated rings. The lowest BCUT2D eigenvalue weighted by molar-refractivity contribution is 0.0744. The van der Waals surface area contributed by atoms with Crippen LogP contribution < -0.4 is 9.80 Å². The number of carbonyl (C=O) groups excluding carboxylic acids is 1. The van der Waals surface area contributed by atoms with E-state index in [1.165, 1.54) is 6.20 Å². The van der Waals surface area contributed by atoms with Crippen LogP contribution in [-0.2, 0) is 4.74 Å². The lowest BCUT2D eigenvalue weighted by Crippen LogP contribution is -2.49. The molecule has 0 N–H and O–H groups in total. The molecule has 2 aromatic heterocycles. The van der Waals surface area contributed by atoms with Gasteiger partial charge in [-0.2, -0.15) is 4.98 Å². The summed E-state index contributed by atoms with van der Waals surface area (Å²) >= 11 is 0. The minimum Gasteiger partial charge on any atom is -0.378 e. The van der Waals surface area contributed by atoms with Gasteiger partial charge < -0.3 is 24.0 Å². The fraction of sp³-hybridized carbons (Fsp3) is 0.529. The number of carbonyl (C=O) groups is 1. The predicted molar refractivity (Wildman–Crippen MR) is 94.4 cm³/mol. The summed E-state index contributed by atoms with van der Waals surface area (Å²) in [7, 11) is 0. The Bertz CT molecular complexity index is 765. The molecular weight excluding hydrogens is 336 g/mol. The van der Waals surface area contributed by atoms with Crippen LogP contribution in [0.3, 0.4) is 0 Å². The number of hydrogen-bond donors (Lipinski definition) is 0. The molecule has 4 heterocycles. The van der Waals surface area contributed by atoms with E-state index in [-0.39, 0.29) is 5.91 Å². The first-order valence-electron chi connectivity index (χ1n) is 8.83. The van der Waals surface area contributed by atoms with Gasteiger partial charge in [0.25, 0.3) is 5.91 Å². The summed E-state index contributed by atoms with van der Waals surface area (Å²) in [5.41, 5.74) is 0.537. The van der Waals surface area contributed by atoms with Crippen LogP contribution in [0.2, 0.25) is 0 Å². The Labute approximate surface area is 151 Å². The minimum atomic E-state index is -0.0277. The molecule has 1 amide bonds. The van der Waals surface area contributed by atoms with Crippen molar-refractivity contribution < 1.29 is 14.1 Å². The highest BCUT2D eigenvalue weighted by molar-refractivity contribution is 5.94. The zero-order chi connectivity index (χ0) is 17.9. The molecule has 0 unspecified atom stereocenters. The SMILES string of the molecule is Cc1oncc1C(=O)N1CCN(c2ccnc(N3CCOCC3)n2)CC1. The predicted octanol–water partition coefficient (Wildman–Crippen LogP) is 0.572. The average Bonchev–Trinajstić information content (AvgIpc) is 3.14. The second-order valence-corrected chi connectivity index (χ2v) is 6.39. The average molecular weight is 358 g/mol. The topological polar surface area (TPSA) is 87.8 Å².